The summed E-state index contributed by atoms with van der Waals surface area (Å²) in [7, 11) is 0. The number of anilines is 1. The number of nitriles is 1. The molecule has 2 aromatic heterocycles. The number of amides is 1. The number of imidazole rings is 1. The largest absolute Gasteiger partial charge is 0.310 e. The Balaban J connectivity index is 2.34. The number of carbonyl (C=O) groups is 1. The van der Waals surface area contributed by atoms with Crippen LogP contribution >= 0.6 is 0 Å². The van der Waals surface area contributed by atoms with Crippen molar-refractivity contribution in [1.82, 2.24) is 14.4 Å². The number of nitrogens with one attached hydrogen (secondary N) is 1. The van der Waals surface area contributed by atoms with Crippen LogP contribution in [-0.2, 0) is 4.79 Å². The molecule has 19 heavy (non-hydrogen) atoms. The topological polar surface area (TPSA) is 83.1 Å². The minimum absolute atomic E-state index is 0.234. The first-order chi connectivity index (χ1) is 9.19. The zero-order valence-corrected chi connectivity index (χ0v) is 10.1. The third-order valence-corrected chi connectivity index (χ3v) is 2.72. The van der Waals surface area contributed by atoms with Crippen LogP contribution in [0.1, 0.15) is 12.5 Å². The first kappa shape index (κ1) is 11.2. The molecule has 3 rings (SSSR count). The molecule has 0 fully saturated rings. The predicted octanol–water partition coefficient (Wildman–Crippen LogP) is 1.71. The summed E-state index contributed by atoms with van der Waals surface area (Å²) in [5, 5.41) is 11.7. The van der Waals surface area contributed by atoms with Crippen LogP contribution in [0.15, 0.2) is 30.5 Å². The van der Waals surface area contributed by atoms with Gasteiger partial charge in [-0.1, -0.05) is 12.1 Å². The number of para-hydroxylation sites is 2. The number of hydrogen-bond acceptors (Lipinski definition) is 4. The van der Waals surface area contributed by atoms with E-state index in [2.05, 4.69) is 15.3 Å². The second-order valence-electron chi connectivity index (χ2n) is 4.07. The van der Waals surface area contributed by atoms with Crippen LogP contribution in [0.25, 0.3) is 16.8 Å². The Kier molecular flexibility index (Phi) is 2.39. The number of hydrogen-bond donors (Lipinski definition) is 1. The van der Waals surface area contributed by atoms with E-state index in [1.54, 1.807) is 10.6 Å². The zero-order chi connectivity index (χ0) is 13.4. The summed E-state index contributed by atoms with van der Waals surface area (Å²) in [4.78, 5) is 19.7. The van der Waals surface area contributed by atoms with E-state index in [0.29, 0.717) is 11.3 Å². The molecule has 92 valence electrons. The van der Waals surface area contributed by atoms with Gasteiger partial charge in [-0.25, -0.2) is 4.98 Å². The van der Waals surface area contributed by atoms with Gasteiger partial charge in [-0.3, -0.25) is 9.20 Å². The summed E-state index contributed by atoms with van der Waals surface area (Å²) in [6.45, 7) is 1.37. The third kappa shape index (κ3) is 1.77. The second-order valence-corrected chi connectivity index (χ2v) is 4.07. The molecule has 1 N–H and O–H groups in total. The maximum Gasteiger partial charge on any atom is 0.236 e. The van der Waals surface area contributed by atoms with E-state index in [-0.39, 0.29) is 11.7 Å². The Morgan fingerprint density at radius 3 is 2.89 bits per heavy atom. The van der Waals surface area contributed by atoms with Crippen molar-refractivity contribution >= 4 is 28.5 Å². The van der Waals surface area contributed by atoms with Crippen LogP contribution in [0, 0.1) is 11.3 Å². The van der Waals surface area contributed by atoms with Crippen molar-refractivity contribution < 1.29 is 4.79 Å². The molecule has 0 atom stereocenters. The summed E-state index contributed by atoms with van der Waals surface area (Å²) in [5.74, 6) is 0.409. The molecule has 0 unspecified atom stereocenters. The van der Waals surface area contributed by atoms with Crippen LogP contribution in [0.2, 0.25) is 0 Å². The molecule has 0 saturated heterocycles. The lowest BCUT2D eigenvalue weighted by atomic mass is 10.3. The van der Waals surface area contributed by atoms with Gasteiger partial charge >= 0.3 is 0 Å². The third-order valence-electron chi connectivity index (χ3n) is 2.72. The van der Waals surface area contributed by atoms with Crippen molar-refractivity contribution in [3.05, 3.63) is 36.0 Å². The lowest BCUT2D eigenvalue weighted by molar-refractivity contribution is -0.114. The van der Waals surface area contributed by atoms with Crippen molar-refractivity contribution in [3.8, 4) is 6.07 Å². The predicted molar refractivity (Wildman–Crippen MR) is 69.5 cm³/mol. The average molecular weight is 251 g/mol. The van der Waals surface area contributed by atoms with Crippen molar-refractivity contribution in [2.24, 2.45) is 0 Å². The molecule has 0 spiro atoms. The first-order valence-corrected chi connectivity index (χ1v) is 5.64. The highest BCUT2D eigenvalue weighted by molar-refractivity contribution is 5.89. The number of carbonyl (C=O) groups excluding carboxylic acids is 1. The Morgan fingerprint density at radius 2 is 2.16 bits per heavy atom. The number of benzene rings is 1. The molecule has 0 aliphatic rings. The van der Waals surface area contributed by atoms with Gasteiger partial charge in [0.1, 0.15) is 11.6 Å². The van der Waals surface area contributed by atoms with E-state index in [9.17, 15) is 4.79 Å². The Morgan fingerprint density at radius 1 is 1.37 bits per heavy atom. The standard InChI is InChI=1S/C13H9N5O/c1-8(19)15-12-9(6-14)7-18-11-5-3-2-4-10(11)16-13(18)17-12/h2-5,7H,1H3,(H,15,16,17,19). The summed E-state index contributed by atoms with van der Waals surface area (Å²) >= 11 is 0. The fourth-order valence-electron chi connectivity index (χ4n) is 1.93. The fourth-order valence-corrected chi connectivity index (χ4v) is 1.93. The van der Waals surface area contributed by atoms with Crippen molar-refractivity contribution in [1.29, 1.82) is 5.26 Å². The van der Waals surface area contributed by atoms with Crippen molar-refractivity contribution in [3.63, 3.8) is 0 Å². The van der Waals surface area contributed by atoms with E-state index in [1.165, 1.54) is 6.92 Å². The van der Waals surface area contributed by atoms with Gasteiger partial charge in [0.2, 0.25) is 11.7 Å². The monoisotopic (exact) mass is 251 g/mol. The van der Waals surface area contributed by atoms with Gasteiger partial charge in [-0.05, 0) is 12.1 Å². The highest BCUT2D eigenvalue weighted by atomic mass is 16.1. The average Bonchev–Trinajstić information content (AvgIpc) is 2.74. The molecule has 1 aromatic carbocycles. The number of aromatic nitrogens is 3. The molecular weight excluding hydrogens is 242 g/mol. The highest BCUT2D eigenvalue weighted by Crippen LogP contribution is 2.19. The van der Waals surface area contributed by atoms with Crippen molar-refractivity contribution in [2.45, 2.75) is 6.92 Å². The van der Waals surface area contributed by atoms with E-state index in [4.69, 9.17) is 5.26 Å². The molecule has 6 nitrogen and oxygen atoms in total. The molecule has 3 aromatic rings. The van der Waals surface area contributed by atoms with E-state index >= 15 is 0 Å². The SMILES string of the molecule is CC(=O)Nc1nc2nc3ccccc3n2cc1C#N. The summed E-state index contributed by atoms with van der Waals surface area (Å²) in [6.07, 6.45) is 1.63. The van der Waals surface area contributed by atoms with Crippen LogP contribution in [0.5, 0.6) is 0 Å². The van der Waals surface area contributed by atoms with Gasteiger partial charge in [0, 0.05) is 13.1 Å². The quantitative estimate of drug-likeness (QED) is 0.713. The summed E-state index contributed by atoms with van der Waals surface area (Å²) < 4.78 is 1.74. The normalized spacial score (nSPS) is 10.5. The van der Waals surface area contributed by atoms with Crippen LogP contribution in [0.4, 0.5) is 5.82 Å². The van der Waals surface area contributed by atoms with Crippen LogP contribution < -0.4 is 5.32 Å². The summed E-state index contributed by atoms with van der Waals surface area (Å²) in [6, 6.07) is 9.57. The molecule has 0 aliphatic carbocycles. The lowest BCUT2D eigenvalue weighted by Crippen LogP contribution is -2.10. The number of nitrogens with zero attached hydrogens (tertiary/aromatic N) is 4. The molecule has 0 radical (unpaired) electrons. The zero-order valence-electron chi connectivity index (χ0n) is 10.1. The van der Waals surface area contributed by atoms with Gasteiger partial charge in [0.15, 0.2) is 5.82 Å². The van der Waals surface area contributed by atoms with Gasteiger partial charge in [-0.15, -0.1) is 0 Å². The Bertz CT molecular complexity index is 843. The molecule has 1 amide bonds. The molecule has 6 heteroatoms. The molecular formula is C13H9N5O. The second kappa shape index (κ2) is 4.07. The molecule has 0 saturated carbocycles. The fraction of sp³-hybridized carbons (Fsp3) is 0.0769. The molecule has 0 bridgehead atoms. The minimum Gasteiger partial charge on any atom is -0.310 e. The summed E-state index contributed by atoms with van der Waals surface area (Å²) in [5.41, 5.74) is 1.96. The van der Waals surface area contributed by atoms with E-state index in [1.807, 2.05) is 30.3 Å². The Labute approximate surface area is 108 Å². The first-order valence-electron chi connectivity index (χ1n) is 5.64. The van der Waals surface area contributed by atoms with Gasteiger partial charge in [0.05, 0.1) is 11.0 Å². The number of rotatable bonds is 1. The van der Waals surface area contributed by atoms with Crippen LogP contribution in [-0.4, -0.2) is 20.3 Å². The van der Waals surface area contributed by atoms with E-state index in [0.717, 1.165) is 11.0 Å². The minimum atomic E-state index is -0.274. The highest BCUT2D eigenvalue weighted by Gasteiger charge is 2.11. The van der Waals surface area contributed by atoms with Crippen molar-refractivity contribution in [2.75, 3.05) is 5.32 Å². The van der Waals surface area contributed by atoms with Crippen LogP contribution in [0.3, 0.4) is 0 Å². The maximum absolute atomic E-state index is 11.1. The van der Waals surface area contributed by atoms with Gasteiger partial charge < -0.3 is 5.32 Å². The van der Waals surface area contributed by atoms with Gasteiger partial charge in [-0.2, -0.15) is 10.2 Å². The number of fused-ring (bicyclic) bond motifs is 3. The maximum atomic E-state index is 11.1. The Hall–Kier alpha value is -2.94. The molecule has 0 aliphatic heterocycles. The smallest absolute Gasteiger partial charge is 0.236 e. The lowest BCUT2D eigenvalue weighted by Gasteiger charge is -2.04. The van der Waals surface area contributed by atoms with E-state index < -0.39 is 0 Å². The van der Waals surface area contributed by atoms with Gasteiger partial charge in [0.25, 0.3) is 0 Å². The molecule has 2 heterocycles.